The van der Waals surface area contributed by atoms with Crippen LogP contribution in [0.3, 0.4) is 0 Å². The van der Waals surface area contributed by atoms with Crippen LogP contribution < -0.4 is 0 Å². The molecule has 0 aromatic heterocycles. The van der Waals surface area contributed by atoms with Gasteiger partial charge in [0, 0.05) is 12.1 Å². The summed E-state index contributed by atoms with van der Waals surface area (Å²) in [5.41, 5.74) is -0.995. The molecule has 0 amide bonds. The van der Waals surface area contributed by atoms with Gasteiger partial charge >= 0.3 is 6.18 Å². The monoisotopic (exact) mass is 520 g/mol. The van der Waals surface area contributed by atoms with Gasteiger partial charge in [-0.05, 0) is 54.6 Å². The molecule has 0 saturated heterocycles. The first kappa shape index (κ1) is 26.1. The largest absolute Gasteiger partial charge is 0.744 e. The molecular formula is C25H19F3O5S2. The Balaban J connectivity index is 0.000000214. The van der Waals surface area contributed by atoms with Gasteiger partial charge in [0.25, 0.3) is 0 Å². The van der Waals surface area contributed by atoms with Crippen LogP contribution in [0.5, 0.6) is 11.5 Å². The van der Waals surface area contributed by atoms with E-state index in [4.69, 9.17) is 0 Å². The predicted molar refractivity (Wildman–Crippen MR) is 124 cm³/mol. The molecule has 5 nitrogen and oxygen atoms in total. The molecule has 0 aliphatic rings. The van der Waals surface area contributed by atoms with Crippen LogP contribution in [0, 0.1) is 0 Å². The highest BCUT2D eigenvalue weighted by Gasteiger charge is 2.31. The van der Waals surface area contributed by atoms with Crippen LogP contribution in [-0.2, 0) is 27.2 Å². The highest BCUT2D eigenvalue weighted by atomic mass is 32.2. The quantitative estimate of drug-likeness (QED) is 0.262. The van der Waals surface area contributed by atoms with Crippen LogP contribution in [0.15, 0.2) is 123 Å². The van der Waals surface area contributed by atoms with E-state index in [1.807, 2.05) is 36.4 Å². The van der Waals surface area contributed by atoms with Gasteiger partial charge in [0.05, 0.1) is 10.5 Å². The highest BCUT2D eigenvalue weighted by molar-refractivity contribution is 7.97. The lowest BCUT2D eigenvalue weighted by molar-refractivity contribution is -0.137. The SMILES string of the molecule is O=S(=O)([O-])c1ccc(C(F)(F)F)cc1.Oc1ccc([S+](c2ccccc2)c2ccccc2)c(O)c1. The molecule has 0 radical (unpaired) electrons. The summed E-state index contributed by atoms with van der Waals surface area (Å²) in [6, 6.07) is 27.3. The maximum Gasteiger partial charge on any atom is 0.416 e. The van der Waals surface area contributed by atoms with Gasteiger partial charge in [-0.3, -0.25) is 0 Å². The van der Waals surface area contributed by atoms with Gasteiger partial charge in [-0.1, -0.05) is 36.4 Å². The van der Waals surface area contributed by atoms with Crippen LogP contribution in [0.4, 0.5) is 13.2 Å². The third kappa shape index (κ3) is 7.01. The molecule has 0 bridgehead atoms. The second kappa shape index (κ2) is 10.9. The summed E-state index contributed by atoms with van der Waals surface area (Å²) >= 11 is 0. The lowest BCUT2D eigenvalue weighted by Crippen LogP contribution is -2.05. The topological polar surface area (TPSA) is 97.7 Å². The van der Waals surface area contributed by atoms with Gasteiger partial charge in [0.2, 0.25) is 4.90 Å². The number of halogens is 3. The van der Waals surface area contributed by atoms with Crippen LogP contribution in [0.1, 0.15) is 5.56 Å². The lowest BCUT2D eigenvalue weighted by Gasteiger charge is -2.09. The van der Waals surface area contributed by atoms with Crippen LogP contribution >= 0.6 is 0 Å². The number of rotatable bonds is 4. The van der Waals surface area contributed by atoms with Gasteiger partial charge in [-0.25, -0.2) is 8.42 Å². The van der Waals surface area contributed by atoms with Crippen molar-refractivity contribution in [3.05, 3.63) is 109 Å². The van der Waals surface area contributed by atoms with Crippen LogP contribution in [-0.4, -0.2) is 23.2 Å². The fraction of sp³-hybridized carbons (Fsp3) is 0.0400. The van der Waals surface area contributed by atoms with Crippen molar-refractivity contribution in [2.24, 2.45) is 0 Å². The first-order chi connectivity index (χ1) is 16.5. The Morgan fingerprint density at radius 1 is 0.714 bits per heavy atom. The maximum atomic E-state index is 12.0. The minimum Gasteiger partial charge on any atom is -0.744 e. The average Bonchev–Trinajstić information content (AvgIpc) is 2.81. The Hall–Kier alpha value is -3.47. The summed E-state index contributed by atoms with van der Waals surface area (Å²) in [5, 5.41) is 19.7. The average molecular weight is 521 g/mol. The Morgan fingerprint density at radius 2 is 1.20 bits per heavy atom. The number of hydrogen-bond donors (Lipinski definition) is 2. The summed E-state index contributed by atoms with van der Waals surface area (Å²) < 4.78 is 67.0. The molecule has 2 N–H and O–H groups in total. The summed E-state index contributed by atoms with van der Waals surface area (Å²) in [6.07, 6.45) is -4.54. The van der Waals surface area contributed by atoms with Gasteiger partial charge in [-0.2, -0.15) is 13.2 Å². The molecule has 0 atom stereocenters. The molecular weight excluding hydrogens is 501 g/mol. The van der Waals surface area contributed by atoms with E-state index in [1.165, 1.54) is 6.07 Å². The Kier molecular flexibility index (Phi) is 8.11. The molecule has 10 heteroatoms. The fourth-order valence-corrected chi connectivity index (χ4v) is 5.57. The van der Waals surface area contributed by atoms with Crippen molar-refractivity contribution in [2.75, 3.05) is 0 Å². The van der Waals surface area contributed by atoms with E-state index in [0.717, 1.165) is 14.7 Å². The molecule has 0 aliphatic carbocycles. The van der Waals surface area contributed by atoms with Gasteiger partial charge in [-0.15, -0.1) is 0 Å². The summed E-state index contributed by atoms with van der Waals surface area (Å²) in [6.45, 7) is 0. The molecule has 35 heavy (non-hydrogen) atoms. The first-order valence-corrected chi connectivity index (χ1v) is 12.6. The van der Waals surface area contributed by atoms with Gasteiger partial charge in [0.1, 0.15) is 26.8 Å². The molecule has 0 saturated carbocycles. The predicted octanol–water partition coefficient (Wildman–Crippen LogP) is 5.80. The normalized spacial score (nSPS) is 11.6. The number of benzene rings is 4. The zero-order valence-corrected chi connectivity index (χ0v) is 19.5. The maximum absolute atomic E-state index is 12.0. The number of phenolic OH excluding ortho intramolecular Hbond substituents is 2. The molecule has 4 aromatic rings. The van der Waals surface area contributed by atoms with E-state index in [9.17, 15) is 36.4 Å². The van der Waals surface area contributed by atoms with Gasteiger partial charge in [0.15, 0.2) is 15.5 Å². The second-order valence-corrected chi connectivity index (χ2v) is 10.4. The van der Waals surface area contributed by atoms with Crippen molar-refractivity contribution in [1.82, 2.24) is 0 Å². The molecule has 0 heterocycles. The van der Waals surface area contributed by atoms with E-state index < -0.39 is 37.6 Å². The van der Waals surface area contributed by atoms with Crippen molar-refractivity contribution >= 4 is 21.0 Å². The van der Waals surface area contributed by atoms with Crippen molar-refractivity contribution in [3.63, 3.8) is 0 Å². The molecule has 0 unspecified atom stereocenters. The molecule has 0 aliphatic heterocycles. The van der Waals surface area contributed by atoms with Gasteiger partial charge < -0.3 is 14.8 Å². The smallest absolute Gasteiger partial charge is 0.416 e. The second-order valence-electron chi connectivity index (χ2n) is 7.06. The van der Waals surface area contributed by atoms with E-state index in [2.05, 4.69) is 24.3 Å². The molecule has 0 fully saturated rings. The zero-order chi connectivity index (χ0) is 25.6. The molecule has 4 rings (SSSR count). The zero-order valence-electron chi connectivity index (χ0n) is 17.9. The van der Waals surface area contributed by atoms with E-state index in [-0.39, 0.29) is 11.5 Å². The number of alkyl halides is 3. The molecule has 0 spiro atoms. The number of hydrogen-bond acceptors (Lipinski definition) is 5. The number of aromatic hydroxyl groups is 2. The summed E-state index contributed by atoms with van der Waals surface area (Å²) in [7, 11) is -5.08. The first-order valence-electron chi connectivity index (χ1n) is 9.96. The highest BCUT2D eigenvalue weighted by Crippen LogP contribution is 2.37. The standard InChI is InChI=1S/C18H14O2S.C7H5F3O3S/c19-14-11-12-18(17(20)13-14)21(15-7-3-1-4-8-15)16-9-5-2-6-10-16;8-7(9,10)5-1-3-6(4-2-5)14(11,12)13/h1-13H,(H-,19,20);1-4H,(H,11,12,13). The van der Waals surface area contributed by atoms with Crippen LogP contribution in [0.2, 0.25) is 0 Å². The Morgan fingerprint density at radius 3 is 1.60 bits per heavy atom. The molecule has 182 valence electrons. The van der Waals surface area contributed by atoms with Crippen molar-refractivity contribution < 1.29 is 36.4 Å². The third-order valence-electron chi connectivity index (χ3n) is 4.59. The third-order valence-corrected chi connectivity index (χ3v) is 7.71. The Labute approximate surface area is 203 Å². The minimum absolute atomic E-state index is 0.0703. The summed E-state index contributed by atoms with van der Waals surface area (Å²) in [4.78, 5) is 2.39. The molecule has 4 aromatic carbocycles. The Bertz CT molecular complexity index is 1320. The summed E-state index contributed by atoms with van der Waals surface area (Å²) in [5.74, 6) is 0.187. The van der Waals surface area contributed by atoms with Crippen molar-refractivity contribution in [3.8, 4) is 11.5 Å². The van der Waals surface area contributed by atoms with E-state index in [1.54, 1.807) is 12.1 Å². The van der Waals surface area contributed by atoms with Crippen molar-refractivity contribution in [1.29, 1.82) is 0 Å². The fourth-order valence-electron chi connectivity index (χ4n) is 2.99. The lowest BCUT2D eigenvalue weighted by atomic mass is 10.2. The van der Waals surface area contributed by atoms with Crippen molar-refractivity contribution in [2.45, 2.75) is 25.8 Å². The van der Waals surface area contributed by atoms with Crippen LogP contribution in [0.25, 0.3) is 0 Å². The minimum atomic E-state index is -4.68. The van der Waals surface area contributed by atoms with E-state index >= 15 is 0 Å². The number of phenols is 2. The van der Waals surface area contributed by atoms with E-state index in [0.29, 0.717) is 24.3 Å².